The molecule has 2 fully saturated rings. The Morgan fingerprint density at radius 2 is 1.71 bits per heavy atom. The lowest BCUT2D eigenvalue weighted by Gasteiger charge is -2.34. The first-order valence-corrected chi connectivity index (χ1v) is 11.8. The van der Waals surface area contributed by atoms with Crippen LogP contribution in [0.4, 0.5) is 0 Å². The van der Waals surface area contributed by atoms with E-state index >= 15 is 0 Å². The van der Waals surface area contributed by atoms with Crippen molar-refractivity contribution in [3.05, 3.63) is 24.3 Å². The molecule has 0 amide bonds. The Morgan fingerprint density at radius 3 is 2.25 bits per heavy atom. The normalized spacial score (nSPS) is 29.9. The first-order chi connectivity index (χ1) is 13.2. The second-order valence-corrected chi connectivity index (χ2v) is 10.5. The molecule has 3 N–H and O–H groups in total. The fraction of sp³-hybridized carbons (Fsp3) is 0.700. The number of piperidine rings is 1. The molecular formula is C20H32N2O5S. The lowest BCUT2D eigenvalue weighted by atomic mass is 9.86. The van der Waals surface area contributed by atoms with Gasteiger partial charge in [-0.25, -0.2) is 8.42 Å². The van der Waals surface area contributed by atoms with Gasteiger partial charge in [0.2, 0.25) is 0 Å². The van der Waals surface area contributed by atoms with Crippen LogP contribution in [0.3, 0.4) is 0 Å². The topological polar surface area (TPSA) is 99.1 Å². The van der Waals surface area contributed by atoms with Gasteiger partial charge in [-0.1, -0.05) is 0 Å². The van der Waals surface area contributed by atoms with E-state index in [9.17, 15) is 18.6 Å². The second kappa shape index (κ2) is 8.67. The Kier molecular flexibility index (Phi) is 6.66. The highest BCUT2D eigenvalue weighted by molar-refractivity contribution is 7.90. The standard InChI is InChI=1S/C20H32N2O5S/c1-22-9-7-15(8-10-22)21-13-20(11-18(23)19(24)12-20)14-27-16-3-5-17(6-4-16)28(2,25)26/h3-6,15,18-19,21,23-24H,7-14H2,1-2H3/t18-,19+,20?. The van der Waals surface area contributed by atoms with Crippen LogP contribution in [0.25, 0.3) is 0 Å². The van der Waals surface area contributed by atoms with Crippen molar-refractivity contribution in [1.29, 1.82) is 0 Å². The Balaban J connectivity index is 1.62. The first-order valence-electron chi connectivity index (χ1n) is 9.88. The maximum Gasteiger partial charge on any atom is 0.175 e. The average Bonchev–Trinajstić information content (AvgIpc) is 2.94. The zero-order valence-electron chi connectivity index (χ0n) is 16.7. The van der Waals surface area contributed by atoms with Gasteiger partial charge in [0.15, 0.2) is 9.84 Å². The highest BCUT2D eigenvalue weighted by Gasteiger charge is 2.45. The number of hydrogen-bond acceptors (Lipinski definition) is 7. The summed E-state index contributed by atoms with van der Waals surface area (Å²) in [7, 11) is -1.11. The summed E-state index contributed by atoms with van der Waals surface area (Å²) in [4.78, 5) is 2.57. The van der Waals surface area contributed by atoms with Crippen molar-refractivity contribution in [3.63, 3.8) is 0 Å². The summed E-state index contributed by atoms with van der Waals surface area (Å²) >= 11 is 0. The molecular weight excluding hydrogens is 380 g/mol. The molecule has 1 saturated heterocycles. The molecule has 28 heavy (non-hydrogen) atoms. The van der Waals surface area contributed by atoms with Crippen LogP contribution in [0.1, 0.15) is 25.7 Å². The second-order valence-electron chi connectivity index (χ2n) is 8.53. The van der Waals surface area contributed by atoms with Crippen molar-refractivity contribution in [3.8, 4) is 5.75 Å². The number of sulfone groups is 1. The third-order valence-electron chi connectivity index (χ3n) is 6.01. The molecule has 1 aromatic carbocycles. The van der Waals surface area contributed by atoms with Crippen molar-refractivity contribution >= 4 is 9.84 Å². The minimum atomic E-state index is -3.24. The van der Waals surface area contributed by atoms with Crippen LogP contribution in [0, 0.1) is 5.41 Å². The van der Waals surface area contributed by atoms with E-state index in [4.69, 9.17) is 4.74 Å². The number of nitrogens with one attached hydrogen (secondary N) is 1. The van der Waals surface area contributed by atoms with E-state index in [2.05, 4.69) is 17.3 Å². The predicted octanol–water partition coefficient (Wildman–Crippen LogP) is 0.655. The van der Waals surface area contributed by atoms with E-state index in [1.807, 2.05) is 0 Å². The van der Waals surface area contributed by atoms with Crippen molar-refractivity contribution in [2.75, 3.05) is 39.5 Å². The summed E-state index contributed by atoms with van der Waals surface area (Å²) in [5, 5.41) is 23.9. The smallest absolute Gasteiger partial charge is 0.175 e. The van der Waals surface area contributed by atoms with Gasteiger partial charge in [0.05, 0.1) is 23.7 Å². The van der Waals surface area contributed by atoms with E-state index in [1.165, 1.54) is 18.4 Å². The van der Waals surface area contributed by atoms with Gasteiger partial charge in [0.25, 0.3) is 0 Å². The fourth-order valence-corrected chi connectivity index (χ4v) is 4.78. The van der Waals surface area contributed by atoms with Crippen LogP contribution in [0.2, 0.25) is 0 Å². The summed E-state index contributed by atoms with van der Waals surface area (Å²) in [6.07, 6.45) is 2.83. The number of benzene rings is 1. The molecule has 1 aromatic rings. The molecule has 1 unspecified atom stereocenters. The molecule has 7 nitrogen and oxygen atoms in total. The van der Waals surface area contributed by atoms with Gasteiger partial charge in [0.1, 0.15) is 5.75 Å². The van der Waals surface area contributed by atoms with Gasteiger partial charge in [-0.2, -0.15) is 0 Å². The van der Waals surface area contributed by atoms with E-state index in [0.29, 0.717) is 37.8 Å². The largest absolute Gasteiger partial charge is 0.493 e. The van der Waals surface area contributed by atoms with Crippen molar-refractivity contribution in [1.82, 2.24) is 10.2 Å². The highest BCUT2D eigenvalue weighted by atomic mass is 32.2. The quantitative estimate of drug-likeness (QED) is 0.605. The molecule has 1 saturated carbocycles. The predicted molar refractivity (Wildman–Crippen MR) is 107 cm³/mol. The van der Waals surface area contributed by atoms with Crippen LogP contribution in [-0.2, 0) is 9.84 Å². The summed E-state index contributed by atoms with van der Waals surface area (Å²) in [6, 6.07) is 6.81. The van der Waals surface area contributed by atoms with Gasteiger partial charge in [0, 0.05) is 24.3 Å². The van der Waals surface area contributed by atoms with E-state index < -0.39 is 22.0 Å². The van der Waals surface area contributed by atoms with Crippen molar-refractivity contribution in [2.45, 2.75) is 48.8 Å². The Hall–Kier alpha value is -1.19. The number of aliphatic hydroxyl groups is 2. The molecule has 1 heterocycles. The third-order valence-corrected chi connectivity index (χ3v) is 7.14. The number of nitrogens with zero attached hydrogens (tertiary/aromatic N) is 1. The minimum Gasteiger partial charge on any atom is -0.493 e. The molecule has 2 aliphatic rings. The van der Waals surface area contributed by atoms with Gasteiger partial charge < -0.3 is 25.2 Å². The molecule has 8 heteroatoms. The third kappa shape index (κ3) is 5.45. The lowest BCUT2D eigenvalue weighted by molar-refractivity contribution is 0.0438. The first kappa shape index (κ1) is 21.5. The van der Waals surface area contributed by atoms with Crippen molar-refractivity contribution < 1.29 is 23.4 Å². The Morgan fingerprint density at radius 1 is 1.14 bits per heavy atom. The van der Waals surface area contributed by atoms with Crippen LogP contribution in [0.15, 0.2) is 29.2 Å². The number of hydrogen-bond donors (Lipinski definition) is 3. The zero-order chi connectivity index (χ0) is 20.4. The average molecular weight is 413 g/mol. The number of likely N-dealkylation sites (tertiary alicyclic amines) is 1. The number of rotatable bonds is 7. The molecule has 1 aliphatic heterocycles. The monoisotopic (exact) mass is 412 g/mol. The van der Waals surface area contributed by atoms with Gasteiger partial charge >= 0.3 is 0 Å². The molecule has 3 atom stereocenters. The number of ether oxygens (including phenoxy) is 1. The maximum atomic E-state index is 11.6. The summed E-state index contributed by atoms with van der Waals surface area (Å²) in [5.41, 5.74) is -0.350. The molecule has 0 aromatic heterocycles. The highest BCUT2D eigenvalue weighted by Crippen LogP contribution is 2.39. The lowest BCUT2D eigenvalue weighted by Crippen LogP contribution is -2.46. The number of aliphatic hydroxyl groups excluding tert-OH is 2. The molecule has 0 bridgehead atoms. The van der Waals surface area contributed by atoms with Crippen molar-refractivity contribution in [2.24, 2.45) is 5.41 Å². The molecule has 158 valence electrons. The molecule has 3 rings (SSSR count). The van der Waals surface area contributed by atoms with E-state index in [-0.39, 0.29) is 10.3 Å². The molecule has 0 radical (unpaired) electrons. The Labute approximate surface area is 167 Å². The Bertz CT molecular complexity index is 734. The zero-order valence-corrected chi connectivity index (χ0v) is 17.5. The van der Waals surface area contributed by atoms with Crippen LogP contribution in [-0.4, -0.2) is 81.3 Å². The van der Waals surface area contributed by atoms with Gasteiger partial charge in [-0.05, 0) is 70.1 Å². The fourth-order valence-electron chi connectivity index (χ4n) is 4.15. The molecule has 0 spiro atoms. The summed E-state index contributed by atoms with van der Waals surface area (Å²) < 4.78 is 29.1. The molecule has 1 aliphatic carbocycles. The summed E-state index contributed by atoms with van der Waals surface area (Å²) in [5.74, 6) is 0.585. The minimum absolute atomic E-state index is 0.255. The van der Waals surface area contributed by atoms with Crippen LogP contribution in [0.5, 0.6) is 5.75 Å². The van der Waals surface area contributed by atoms with E-state index in [1.54, 1.807) is 12.1 Å². The SMILES string of the molecule is CN1CCC(NCC2(COc3ccc(S(C)(=O)=O)cc3)C[C@@H](O)[C@@H](O)C2)CC1. The van der Waals surface area contributed by atoms with E-state index in [0.717, 1.165) is 25.9 Å². The van der Waals surface area contributed by atoms with Crippen LogP contribution >= 0.6 is 0 Å². The van der Waals surface area contributed by atoms with Gasteiger partial charge in [-0.15, -0.1) is 0 Å². The maximum absolute atomic E-state index is 11.6. The summed E-state index contributed by atoms with van der Waals surface area (Å²) in [6.45, 7) is 3.17. The van der Waals surface area contributed by atoms with Crippen LogP contribution < -0.4 is 10.1 Å². The van der Waals surface area contributed by atoms with Gasteiger partial charge in [-0.3, -0.25) is 0 Å².